The molecule has 2 aromatic carbocycles. The lowest BCUT2D eigenvalue weighted by Crippen LogP contribution is -2.23. The van der Waals surface area contributed by atoms with E-state index < -0.39 is 0 Å². The van der Waals surface area contributed by atoms with Crippen LogP contribution in [0.15, 0.2) is 57.7 Å². The van der Waals surface area contributed by atoms with Crippen molar-refractivity contribution in [3.05, 3.63) is 75.6 Å². The third kappa shape index (κ3) is 3.54. The number of aromatic nitrogens is 1. The molecule has 0 aliphatic carbocycles. The Labute approximate surface area is 146 Å². The largest absolute Gasteiger partial charge is 0.355 e. The van der Waals surface area contributed by atoms with Gasteiger partial charge < -0.3 is 9.84 Å². The first-order valence-electron chi connectivity index (χ1n) is 7.28. The van der Waals surface area contributed by atoms with Crippen molar-refractivity contribution in [1.82, 2.24) is 10.5 Å². The van der Waals surface area contributed by atoms with E-state index >= 15 is 0 Å². The molecule has 24 heavy (non-hydrogen) atoms. The van der Waals surface area contributed by atoms with Gasteiger partial charge in [-0.15, -0.1) is 0 Å². The molecule has 0 spiro atoms. The fraction of sp³-hybridized carbons (Fsp3) is 0.111. The lowest BCUT2D eigenvalue weighted by molar-refractivity contribution is 0.0951. The summed E-state index contributed by atoms with van der Waals surface area (Å²) in [6.07, 6.45) is 1.38. The van der Waals surface area contributed by atoms with Gasteiger partial charge >= 0.3 is 0 Å². The second-order valence-corrected chi connectivity index (χ2v) is 6.26. The highest BCUT2D eigenvalue weighted by Crippen LogP contribution is 2.25. The molecule has 1 N–H and O–H groups in total. The Balaban J connectivity index is 1.75. The van der Waals surface area contributed by atoms with E-state index in [1.807, 2.05) is 24.3 Å². The monoisotopic (exact) mass is 388 g/mol. The first-order chi connectivity index (χ1) is 11.5. The van der Waals surface area contributed by atoms with E-state index in [0.717, 1.165) is 10.0 Å². The number of rotatable bonds is 4. The van der Waals surface area contributed by atoms with Gasteiger partial charge in [0.15, 0.2) is 5.76 Å². The van der Waals surface area contributed by atoms with Crippen LogP contribution in [0.4, 0.5) is 4.39 Å². The van der Waals surface area contributed by atoms with Gasteiger partial charge in [-0.1, -0.05) is 33.2 Å². The summed E-state index contributed by atoms with van der Waals surface area (Å²) in [5.74, 6) is -0.215. The summed E-state index contributed by atoms with van der Waals surface area (Å²) in [6, 6.07) is 12.3. The number of nitrogens with one attached hydrogen (secondary N) is 1. The minimum atomic E-state index is -0.324. The number of carbonyl (C=O) groups excluding carboxylic acids is 1. The SMILES string of the molecule is Cc1ccc(CNC(=O)c2cnoc2-c2ccc(Br)cc2)cc1F. The molecule has 0 saturated carbocycles. The van der Waals surface area contributed by atoms with Gasteiger partial charge in [0.1, 0.15) is 11.4 Å². The maximum atomic E-state index is 13.6. The van der Waals surface area contributed by atoms with Crippen molar-refractivity contribution in [3.63, 3.8) is 0 Å². The Morgan fingerprint density at radius 1 is 1.25 bits per heavy atom. The molecule has 0 atom stereocenters. The Morgan fingerprint density at radius 2 is 2.00 bits per heavy atom. The van der Waals surface area contributed by atoms with E-state index in [1.54, 1.807) is 19.1 Å². The zero-order chi connectivity index (χ0) is 17.1. The zero-order valence-corrected chi connectivity index (χ0v) is 14.4. The summed E-state index contributed by atoms with van der Waals surface area (Å²) in [4.78, 5) is 12.4. The molecule has 0 unspecified atom stereocenters. The van der Waals surface area contributed by atoms with Crippen LogP contribution in [0.2, 0.25) is 0 Å². The van der Waals surface area contributed by atoms with E-state index in [9.17, 15) is 9.18 Å². The fourth-order valence-electron chi connectivity index (χ4n) is 2.23. The Hall–Kier alpha value is -2.47. The molecule has 1 aromatic heterocycles. The third-order valence-corrected chi connectivity index (χ3v) is 4.14. The zero-order valence-electron chi connectivity index (χ0n) is 12.8. The Morgan fingerprint density at radius 3 is 2.71 bits per heavy atom. The van der Waals surface area contributed by atoms with Crippen molar-refractivity contribution in [2.24, 2.45) is 0 Å². The van der Waals surface area contributed by atoms with Crippen LogP contribution in [-0.2, 0) is 6.54 Å². The van der Waals surface area contributed by atoms with Gasteiger partial charge in [-0.25, -0.2) is 4.39 Å². The van der Waals surface area contributed by atoms with E-state index in [4.69, 9.17) is 4.52 Å². The number of carbonyl (C=O) groups is 1. The molecule has 0 aliphatic heterocycles. The lowest BCUT2D eigenvalue weighted by Gasteiger charge is -2.06. The van der Waals surface area contributed by atoms with Crippen molar-refractivity contribution in [1.29, 1.82) is 0 Å². The van der Waals surface area contributed by atoms with Gasteiger partial charge in [-0.05, 0) is 48.4 Å². The lowest BCUT2D eigenvalue weighted by atomic mass is 10.1. The highest BCUT2D eigenvalue weighted by atomic mass is 79.9. The maximum Gasteiger partial charge on any atom is 0.257 e. The fourth-order valence-corrected chi connectivity index (χ4v) is 2.50. The molecule has 6 heteroatoms. The summed E-state index contributed by atoms with van der Waals surface area (Å²) >= 11 is 3.36. The molecule has 0 bridgehead atoms. The first kappa shape index (κ1) is 16.4. The van der Waals surface area contributed by atoms with Crippen molar-refractivity contribution in [3.8, 4) is 11.3 Å². The second-order valence-electron chi connectivity index (χ2n) is 5.34. The van der Waals surface area contributed by atoms with Crippen LogP contribution in [0.1, 0.15) is 21.5 Å². The molecule has 0 fully saturated rings. The molecule has 0 saturated heterocycles. The number of hydrogen-bond donors (Lipinski definition) is 1. The summed E-state index contributed by atoms with van der Waals surface area (Å²) in [7, 11) is 0. The van der Waals surface area contributed by atoms with Crippen LogP contribution < -0.4 is 5.32 Å². The molecule has 1 heterocycles. The first-order valence-corrected chi connectivity index (χ1v) is 8.08. The van der Waals surface area contributed by atoms with Gasteiger partial charge in [0, 0.05) is 16.6 Å². The van der Waals surface area contributed by atoms with Crippen molar-refractivity contribution < 1.29 is 13.7 Å². The van der Waals surface area contributed by atoms with Crippen LogP contribution >= 0.6 is 15.9 Å². The molecule has 1 amide bonds. The Kier molecular flexibility index (Phi) is 4.76. The van der Waals surface area contributed by atoms with Crippen molar-refractivity contribution in [2.75, 3.05) is 0 Å². The minimum absolute atomic E-state index is 0.223. The molecule has 4 nitrogen and oxygen atoms in total. The van der Waals surface area contributed by atoms with E-state index in [0.29, 0.717) is 22.5 Å². The summed E-state index contributed by atoms with van der Waals surface area (Å²) in [5, 5.41) is 6.47. The van der Waals surface area contributed by atoms with Crippen LogP contribution in [0.25, 0.3) is 11.3 Å². The summed E-state index contributed by atoms with van der Waals surface area (Å²) in [6.45, 7) is 1.92. The third-order valence-electron chi connectivity index (χ3n) is 3.61. The molecule has 3 aromatic rings. The molecule has 122 valence electrons. The molecular weight excluding hydrogens is 375 g/mol. The van der Waals surface area contributed by atoms with Crippen LogP contribution in [0, 0.1) is 12.7 Å². The van der Waals surface area contributed by atoms with Crippen molar-refractivity contribution in [2.45, 2.75) is 13.5 Å². The molecule has 0 aliphatic rings. The van der Waals surface area contributed by atoms with E-state index in [2.05, 4.69) is 26.4 Å². The summed E-state index contributed by atoms with van der Waals surface area (Å²) in [5.41, 5.74) is 2.35. The van der Waals surface area contributed by atoms with Gasteiger partial charge in [0.2, 0.25) is 0 Å². The van der Waals surface area contributed by atoms with Gasteiger partial charge in [-0.3, -0.25) is 4.79 Å². The Bertz CT molecular complexity index is 875. The van der Waals surface area contributed by atoms with Crippen LogP contribution in [0.3, 0.4) is 0 Å². The number of aryl methyl sites for hydroxylation is 1. The second kappa shape index (κ2) is 6.97. The van der Waals surface area contributed by atoms with Crippen molar-refractivity contribution >= 4 is 21.8 Å². The molecule has 0 radical (unpaired) electrons. The highest BCUT2D eigenvalue weighted by Gasteiger charge is 2.17. The number of halogens is 2. The predicted molar refractivity (Wildman–Crippen MR) is 91.9 cm³/mol. The summed E-state index contributed by atoms with van der Waals surface area (Å²) < 4.78 is 19.7. The normalized spacial score (nSPS) is 10.6. The van der Waals surface area contributed by atoms with Gasteiger partial charge in [0.05, 0.1) is 6.20 Å². The number of nitrogens with zero attached hydrogens (tertiary/aromatic N) is 1. The average Bonchev–Trinajstić information content (AvgIpc) is 3.06. The van der Waals surface area contributed by atoms with Gasteiger partial charge in [-0.2, -0.15) is 0 Å². The predicted octanol–water partition coefficient (Wildman–Crippen LogP) is 4.48. The average molecular weight is 389 g/mol. The maximum absolute atomic E-state index is 13.6. The molecule has 3 rings (SSSR count). The standard InChI is InChI=1S/C18H14BrFN2O2/c1-11-2-3-12(8-16(11)20)9-21-18(23)15-10-22-24-17(15)13-4-6-14(19)7-5-13/h2-8,10H,9H2,1H3,(H,21,23). The van der Waals surface area contributed by atoms with Crippen LogP contribution in [0.5, 0.6) is 0 Å². The smallest absolute Gasteiger partial charge is 0.257 e. The quantitative estimate of drug-likeness (QED) is 0.716. The number of benzene rings is 2. The van der Waals surface area contributed by atoms with E-state index in [-0.39, 0.29) is 18.3 Å². The molecular formula is C18H14BrFN2O2. The number of amides is 1. The topological polar surface area (TPSA) is 55.1 Å². The van der Waals surface area contributed by atoms with Crippen LogP contribution in [-0.4, -0.2) is 11.1 Å². The minimum Gasteiger partial charge on any atom is -0.355 e. The highest BCUT2D eigenvalue weighted by molar-refractivity contribution is 9.10. The van der Waals surface area contributed by atoms with E-state index in [1.165, 1.54) is 12.3 Å². The number of hydrogen-bond acceptors (Lipinski definition) is 3. The van der Waals surface area contributed by atoms with Gasteiger partial charge in [0.25, 0.3) is 5.91 Å².